The molecule has 0 aliphatic heterocycles. The lowest BCUT2D eigenvalue weighted by molar-refractivity contribution is -0.0267. The lowest BCUT2D eigenvalue weighted by Gasteiger charge is -2.25. The maximum Gasteiger partial charge on any atom is 0.472 e. The van der Waals surface area contributed by atoms with Crippen molar-refractivity contribution < 1.29 is 28.0 Å². The number of phosphoric ester groups is 1. The Kier molecular flexibility index (Phi) is 5.53. The molecule has 0 aromatic carbocycles. The lowest BCUT2D eigenvalue weighted by atomic mass is 10.1. The van der Waals surface area contributed by atoms with E-state index in [4.69, 9.17) is 19.7 Å². The SMILES string of the molecule is COC[C@H]1C[C@@H](N)[C@@H](OC)C1OP(=O)(O)OC. The zero-order chi connectivity index (χ0) is 13.1. The van der Waals surface area contributed by atoms with E-state index in [0.29, 0.717) is 13.0 Å². The van der Waals surface area contributed by atoms with E-state index in [1.54, 1.807) is 7.11 Å². The van der Waals surface area contributed by atoms with Crippen molar-refractivity contribution >= 4 is 7.82 Å². The van der Waals surface area contributed by atoms with Crippen LogP contribution in [0.25, 0.3) is 0 Å². The molecule has 17 heavy (non-hydrogen) atoms. The van der Waals surface area contributed by atoms with Gasteiger partial charge >= 0.3 is 7.82 Å². The van der Waals surface area contributed by atoms with Crippen LogP contribution in [0.1, 0.15) is 6.42 Å². The summed E-state index contributed by atoms with van der Waals surface area (Å²) < 4.78 is 31.2. The van der Waals surface area contributed by atoms with E-state index < -0.39 is 20.0 Å². The smallest absolute Gasteiger partial charge is 0.384 e. The summed E-state index contributed by atoms with van der Waals surface area (Å²) in [5, 5.41) is 0. The van der Waals surface area contributed by atoms with Crippen molar-refractivity contribution in [3.63, 3.8) is 0 Å². The highest BCUT2D eigenvalue weighted by molar-refractivity contribution is 7.47. The molecule has 0 aromatic rings. The van der Waals surface area contributed by atoms with Gasteiger partial charge in [-0.3, -0.25) is 9.05 Å². The summed E-state index contributed by atoms with van der Waals surface area (Å²) >= 11 is 0. The molecule has 102 valence electrons. The van der Waals surface area contributed by atoms with Gasteiger partial charge in [0.05, 0.1) is 12.7 Å². The summed E-state index contributed by atoms with van der Waals surface area (Å²) in [6.45, 7) is 0.391. The lowest BCUT2D eigenvalue weighted by Crippen LogP contribution is -2.39. The van der Waals surface area contributed by atoms with Crippen molar-refractivity contribution in [2.75, 3.05) is 27.9 Å². The molecule has 1 rings (SSSR count). The highest BCUT2D eigenvalue weighted by atomic mass is 31.2. The summed E-state index contributed by atoms with van der Waals surface area (Å²) in [6, 6.07) is -0.248. The molecule has 2 unspecified atom stereocenters. The van der Waals surface area contributed by atoms with Crippen LogP contribution in [0, 0.1) is 5.92 Å². The van der Waals surface area contributed by atoms with Crippen LogP contribution in [0.2, 0.25) is 0 Å². The number of ether oxygens (including phenoxy) is 2. The van der Waals surface area contributed by atoms with Crippen LogP contribution >= 0.6 is 7.82 Å². The summed E-state index contributed by atoms with van der Waals surface area (Å²) in [6.07, 6.45) is -0.433. The molecule has 5 atom stereocenters. The van der Waals surface area contributed by atoms with Crippen molar-refractivity contribution in [1.29, 1.82) is 0 Å². The van der Waals surface area contributed by atoms with Gasteiger partial charge in [-0.2, -0.15) is 0 Å². The monoisotopic (exact) mass is 269 g/mol. The number of nitrogens with two attached hydrogens (primary N) is 1. The average Bonchev–Trinajstić information content (AvgIpc) is 2.55. The maximum absolute atomic E-state index is 11.4. The molecule has 0 radical (unpaired) electrons. The highest BCUT2D eigenvalue weighted by Crippen LogP contribution is 2.47. The predicted molar refractivity (Wildman–Crippen MR) is 60.5 cm³/mol. The molecular formula is C9H20NO6P. The van der Waals surface area contributed by atoms with Crippen LogP contribution in [0.15, 0.2) is 0 Å². The third kappa shape index (κ3) is 3.72. The topological polar surface area (TPSA) is 100 Å². The Morgan fingerprint density at radius 3 is 2.47 bits per heavy atom. The van der Waals surface area contributed by atoms with Crippen molar-refractivity contribution in [3.05, 3.63) is 0 Å². The molecular weight excluding hydrogens is 249 g/mol. The number of hydrogen-bond acceptors (Lipinski definition) is 6. The molecule has 0 spiro atoms. The van der Waals surface area contributed by atoms with Gasteiger partial charge in [0.15, 0.2) is 0 Å². The number of phosphoric acid groups is 1. The quantitative estimate of drug-likeness (QED) is 0.661. The van der Waals surface area contributed by atoms with Gasteiger partial charge in [0, 0.05) is 33.3 Å². The van der Waals surface area contributed by atoms with Gasteiger partial charge in [0.1, 0.15) is 6.10 Å². The largest absolute Gasteiger partial charge is 0.472 e. The van der Waals surface area contributed by atoms with Gasteiger partial charge in [-0.15, -0.1) is 0 Å². The molecule has 1 fully saturated rings. The first-order valence-corrected chi connectivity index (χ1v) is 6.79. The van der Waals surface area contributed by atoms with Crippen LogP contribution in [0.3, 0.4) is 0 Å². The van der Waals surface area contributed by atoms with Gasteiger partial charge in [-0.05, 0) is 6.42 Å². The second kappa shape index (κ2) is 6.24. The minimum Gasteiger partial charge on any atom is -0.384 e. The van der Waals surface area contributed by atoms with Crippen LogP contribution in [0.5, 0.6) is 0 Å². The zero-order valence-electron chi connectivity index (χ0n) is 10.2. The first-order valence-electron chi connectivity index (χ1n) is 5.29. The Labute approximate surface area is 101 Å². The molecule has 0 heterocycles. The summed E-state index contributed by atoms with van der Waals surface area (Å²) in [7, 11) is 0.106. The fourth-order valence-corrected chi connectivity index (χ4v) is 2.84. The minimum absolute atomic E-state index is 0.0874. The van der Waals surface area contributed by atoms with Crippen molar-refractivity contribution in [2.45, 2.75) is 24.7 Å². The Morgan fingerprint density at radius 1 is 1.35 bits per heavy atom. The van der Waals surface area contributed by atoms with Crippen LogP contribution < -0.4 is 5.73 Å². The zero-order valence-corrected chi connectivity index (χ0v) is 11.1. The van der Waals surface area contributed by atoms with Crippen LogP contribution in [-0.2, 0) is 23.1 Å². The first-order chi connectivity index (χ1) is 7.95. The Bertz CT molecular complexity index is 289. The average molecular weight is 269 g/mol. The van der Waals surface area contributed by atoms with E-state index in [0.717, 1.165) is 7.11 Å². The molecule has 1 aliphatic rings. The van der Waals surface area contributed by atoms with Crippen molar-refractivity contribution in [3.8, 4) is 0 Å². The standard InChI is InChI=1S/C9H20NO6P/c1-13-5-6-4-7(10)9(14-2)8(6)16-17(11,12)15-3/h6-9H,4-5,10H2,1-3H3,(H,11,12)/t6-,7-,8?,9-/m1/s1. The van der Waals surface area contributed by atoms with E-state index in [2.05, 4.69) is 4.52 Å². The van der Waals surface area contributed by atoms with Gasteiger partial charge in [0.25, 0.3) is 0 Å². The molecule has 0 aromatic heterocycles. The van der Waals surface area contributed by atoms with Gasteiger partial charge in [-0.25, -0.2) is 4.57 Å². The fourth-order valence-electron chi connectivity index (χ4n) is 2.16. The molecule has 0 saturated heterocycles. The Morgan fingerprint density at radius 2 is 2.00 bits per heavy atom. The maximum atomic E-state index is 11.4. The van der Waals surface area contributed by atoms with Gasteiger partial charge in [-0.1, -0.05) is 0 Å². The Hall–Kier alpha value is -0.0100. The second-order valence-electron chi connectivity index (χ2n) is 4.04. The fraction of sp³-hybridized carbons (Fsp3) is 1.00. The molecule has 8 heteroatoms. The molecule has 1 saturated carbocycles. The third-order valence-corrected chi connectivity index (χ3v) is 3.90. The van der Waals surface area contributed by atoms with Crippen molar-refractivity contribution in [1.82, 2.24) is 0 Å². The first kappa shape index (κ1) is 15.0. The summed E-state index contributed by atoms with van der Waals surface area (Å²) in [4.78, 5) is 9.34. The van der Waals surface area contributed by atoms with E-state index in [1.165, 1.54) is 7.11 Å². The molecule has 0 bridgehead atoms. The molecule has 3 N–H and O–H groups in total. The third-order valence-electron chi connectivity index (χ3n) is 2.92. The Balaban J connectivity index is 2.77. The van der Waals surface area contributed by atoms with E-state index in [1.807, 2.05) is 0 Å². The second-order valence-corrected chi connectivity index (χ2v) is 5.55. The highest BCUT2D eigenvalue weighted by Gasteiger charge is 2.46. The molecule has 7 nitrogen and oxygen atoms in total. The number of methoxy groups -OCH3 is 2. The minimum atomic E-state index is -4.05. The normalized spacial score (nSPS) is 37.0. The van der Waals surface area contributed by atoms with Gasteiger partial charge < -0.3 is 20.1 Å². The molecule has 0 amide bonds. The number of hydrogen-bond donors (Lipinski definition) is 2. The van der Waals surface area contributed by atoms with E-state index in [-0.39, 0.29) is 12.0 Å². The number of rotatable bonds is 6. The predicted octanol–water partition coefficient (Wildman–Crippen LogP) is 0.127. The summed E-state index contributed by atoms with van der Waals surface area (Å²) in [5.41, 5.74) is 5.89. The van der Waals surface area contributed by atoms with Crippen molar-refractivity contribution in [2.24, 2.45) is 11.7 Å². The van der Waals surface area contributed by atoms with Crippen LogP contribution in [0.4, 0.5) is 0 Å². The van der Waals surface area contributed by atoms with Crippen LogP contribution in [-0.4, -0.2) is 51.1 Å². The van der Waals surface area contributed by atoms with Gasteiger partial charge in [0.2, 0.25) is 0 Å². The molecule has 1 aliphatic carbocycles. The van der Waals surface area contributed by atoms with E-state index in [9.17, 15) is 9.46 Å². The summed E-state index contributed by atoms with van der Waals surface area (Å²) in [5.74, 6) is -0.0874. The van der Waals surface area contributed by atoms with E-state index >= 15 is 0 Å².